The molecule has 0 amide bonds. The van der Waals surface area contributed by atoms with Crippen LogP contribution in [0.3, 0.4) is 0 Å². The lowest BCUT2D eigenvalue weighted by Crippen LogP contribution is -2.60. The maximum Gasteiger partial charge on any atom is 0.338 e. The number of aliphatic hydroxyl groups excluding tert-OH is 1. The van der Waals surface area contributed by atoms with E-state index in [-0.39, 0.29) is 31.5 Å². The van der Waals surface area contributed by atoms with Crippen LogP contribution in [0.1, 0.15) is 78.1 Å². The van der Waals surface area contributed by atoms with Gasteiger partial charge in [0.1, 0.15) is 23.4 Å². The van der Waals surface area contributed by atoms with Gasteiger partial charge in [0, 0.05) is 36.3 Å². The number of ketones is 2. The summed E-state index contributed by atoms with van der Waals surface area (Å²) in [6.07, 6.45) is -5.20. The highest BCUT2D eigenvalue weighted by Crippen LogP contribution is 2.39. The number of nitrogens with zero attached hydrogens (tertiary/aromatic N) is 4. The number of aliphatic hydroxyl groups is 2. The third-order valence-electron chi connectivity index (χ3n) is 11.0. The van der Waals surface area contributed by atoms with Gasteiger partial charge < -0.3 is 38.8 Å². The molecule has 1 aromatic carbocycles. The molecule has 2 aliphatic heterocycles. The lowest BCUT2D eigenvalue weighted by atomic mass is 9.74. The average Bonchev–Trinajstić information content (AvgIpc) is 3.16. The molecular formula is C39H62N4O16S2. The molecule has 0 saturated carbocycles. The highest BCUT2D eigenvalue weighted by molar-refractivity contribution is 7.99. The molecule has 0 aromatic heterocycles. The standard InChI is InChI=1S/C37H56N4O11.C2H6O5S2/c1-20-19-36(6,48-10)32(52-35-30(26(41(8)9)18-21(2)49-35)51-34(46)25-14-12-11-13-15-25)23(4)29(43)24(5)33(45)50-27(16-17-39-40-38)37(7,47)31(44)22(3)28(20)42;1-8(3,4)7-9(2,5)6/h11-15,20-24,26-27,30-32,35,44,47H,16-19H2,1-10H3;1-2H3/t20-,21?,22+,23+,24-,26?,27-,30?,31-,32-,35?,36-,37-;/m1./s1. The number of azide groups is 1. The monoisotopic (exact) mass is 906 g/mol. The van der Waals surface area contributed by atoms with Gasteiger partial charge in [-0.05, 0) is 78.7 Å². The molecule has 346 valence electrons. The van der Waals surface area contributed by atoms with E-state index in [1.807, 2.05) is 25.9 Å². The first-order valence-corrected chi connectivity index (χ1v) is 23.2. The predicted octanol–water partition coefficient (Wildman–Crippen LogP) is 2.80. The molecule has 20 nitrogen and oxygen atoms in total. The molecule has 2 saturated heterocycles. The van der Waals surface area contributed by atoms with E-state index in [2.05, 4.69) is 13.7 Å². The van der Waals surface area contributed by atoms with Gasteiger partial charge in [0.25, 0.3) is 20.2 Å². The summed E-state index contributed by atoms with van der Waals surface area (Å²) in [4.78, 5) is 59.8. The van der Waals surface area contributed by atoms with Crippen molar-refractivity contribution in [2.24, 2.45) is 28.8 Å². The van der Waals surface area contributed by atoms with Crippen LogP contribution in [0.15, 0.2) is 35.4 Å². The molecule has 0 bridgehead atoms. The Kier molecular flexibility index (Phi) is 19.5. The molecule has 61 heavy (non-hydrogen) atoms. The van der Waals surface area contributed by atoms with E-state index >= 15 is 0 Å². The van der Waals surface area contributed by atoms with Crippen molar-refractivity contribution in [2.75, 3.05) is 40.3 Å². The number of benzene rings is 1. The van der Waals surface area contributed by atoms with Crippen LogP contribution in [-0.4, -0.2) is 150 Å². The summed E-state index contributed by atoms with van der Waals surface area (Å²) < 4.78 is 74.7. The number of carbonyl (C=O) groups is 4. The number of likely N-dealkylation sites (N-methyl/N-ethyl adjacent to an activating group) is 1. The van der Waals surface area contributed by atoms with Gasteiger partial charge in [-0.25, -0.2) is 4.79 Å². The fraction of sp³-hybridized carbons (Fsp3) is 0.744. The van der Waals surface area contributed by atoms with Crippen LogP contribution in [0, 0.1) is 23.7 Å². The second-order valence-corrected chi connectivity index (χ2v) is 19.8. The first-order chi connectivity index (χ1) is 28.0. The van der Waals surface area contributed by atoms with Crippen LogP contribution < -0.4 is 0 Å². The van der Waals surface area contributed by atoms with Gasteiger partial charge in [-0.15, -0.1) is 3.63 Å². The maximum atomic E-state index is 14.2. The fourth-order valence-corrected chi connectivity index (χ4v) is 9.40. The van der Waals surface area contributed by atoms with E-state index < -0.39 is 109 Å². The Morgan fingerprint density at radius 3 is 2.05 bits per heavy atom. The zero-order valence-electron chi connectivity index (χ0n) is 36.8. The lowest BCUT2D eigenvalue weighted by Gasteiger charge is -2.47. The van der Waals surface area contributed by atoms with E-state index in [9.17, 15) is 46.2 Å². The largest absolute Gasteiger partial charge is 0.459 e. The van der Waals surface area contributed by atoms with Gasteiger partial charge in [0.15, 0.2) is 18.2 Å². The number of hydrogen-bond donors (Lipinski definition) is 2. The molecule has 0 spiro atoms. The Balaban J connectivity index is 0.00000127. The Bertz CT molecular complexity index is 1910. The van der Waals surface area contributed by atoms with Gasteiger partial charge in [0.05, 0.1) is 48.0 Å². The molecular weight excluding hydrogens is 845 g/mol. The second kappa shape index (κ2) is 22.2. The van der Waals surface area contributed by atoms with Crippen molar-refractivity contribution in [2.45, 2.75) is 122 Å². The minimum atomic E-state index is -3.87. The topological polar surface area (TPSA) is 284 Å². The number of cyclic esters (lactones) is 1. The Labute approximate surface area is 358 Å². The van der Waals surface area contributed by atoms with Gasteiger partial charge in [-0.3, -0.25) is 14.4 Å². The SMILES string of the molecule is CO[C@]1(C)C[C@@H](C)C(=O)[C@H](C)[C@@H](O)[C@](C)(O)[C@@H](CCN=[N+]=[N-])OC(=O)[C@H](C)C(=O)[C@H](C)[C@H]1OC1OC(C)CC(N(C)C)C1OC(=O)c1ccccc1.CS(=O)(=O)OS(C)(=O)=O. The highest BCUT2D eigenvalue weighted by atomic mass is 32.3. The molecule has 13 atom stereocenters. The van der Waals surface area contributed by atoms with Crippen LogP contribution >= 0.6 is 0 Å². The molecule has 22 heteroatoms. The van der Waals surface area contributed by atoms with Crippen LogP contribution in [0.5, 0.6) is 0 Å². The van der Waals surface area contributed by atoms with Crippen LogP contribution in [0.2, 0.25) is 0 Å². The quantitative estimate of drug-likeness (QED) is 0.106. The number of hydrogen-bond acceptors (Lipinski definition) is 18. The predicted molar refractivity (Wildman–Crippen MR) is 220 cm³/mol. The third-order valence-corrected chi connectivity index (χ3v) is 12.9. The summed E-state index contributed by atoms with van der Waals surface area (Å²) in [6, 6.07) is 8.13. The molecule has 4 unspecified atom stereocenters. The number of methoxy groups -OCH3 is 1. The number of esters is 2. The summed E-state index contributed by atoms with van der Waals surface area (Å²) in [6.45, 7) is 10.6. The lowest BCUT2D eigenvalue weighted by molar-refractivity contribution is -0.294. The van der Waals surface area contributed by atoms with E-state index in [0.717, 1.165) is 0 Å². The first-order valence-electron chi connectivity index (χ1n) is 19.6. The third kappa shape index (κ3) is 15.0. The number of Topliss-reactive ketones (excluding diaryl/α,β-unsaturated/α-hetero) is 2. The normalized spacial score (nSPS) is 34.5. The summed E-state index contributed by atoms with van der Waals surface area (Å²) in [5, 5.41) is 26.4. The summed E-state index contributed by atoms with van der Waals surface area (Å²) in [5.74, 6) is -7.01. The number of rotatable bonds is 11. The zero-order chi connectivity index (χ0) is 46.8. The van der Waals surface area contributed by atoms with Crippen molar-refractivity contribution in [3.8, 4) is 0 Å². The molecule has 2 heterocycles. The summed E-state index contributed by atoms with van der Waals surface area (Å²) in [5.41, 5.74) is 5.60. The molecule has 2 aliphatic rings. The number of ether oxygens (including phenoxy) is 5. The minimum Gasteiger partial charge on any atom is -0.459 e. The summed E-state index contributed by atoms with van der Waals surface area (Å²) >= 11 is 0. The van der Waals surface area contributed by atoms with Crippen LogP contribution in [0.25, 0.3) is 10.4 Å². The van der Waals surface area contributed by atoms with E-state index in [0.29, 0.717) is 24.5 Å². The Morgan fingerprint density at radius 2 is 1.56 bits per heavy atom. The van der Waals surface area contributed by atoms with Gasteiger partial charge in [-0.1, -0.05) is 44.1 Å². The molecule has 0 aliphatic carbocycles. The first kappa shape index (κ1) is 53.6. The number of carbonyl (C=O) groups excluding carboxylic acids is 4. The van der Waals surface area contributed by atoms with Crippen LogP contribution in [-0.2, 0) is 61.9 Å². The zero-order valence-corrected chi connectivity index (χ0v) is 38.4. The maximum absolute atomic E-state index is 14.2. The Morgan fingerprint density at radius 1 is 0.984 bits per heavy atom. The van der Waals surface area contributed by atoms with Crippen molar-refractivity contribution < 1.29 is 73.5 Å². The Hall–Kier alpha value is -3.57. The smallest absolute Gasteiger partial charge is 0.338 e. The summed E-state index contributed by atoms with van der Waals surface area (Å²) in [7, 11) is -2.62. The molecule has 1 aromatic rings. The van der Waals surface area contributed by atoms with E-state index in [4.69, 9.17) is 29.2 Å². The van der Waals surface area contributed by atoms with Crippen molar-refractivity contribution in [1.29, 1.82) is 0 Å². The van der Waals surface area contributed by atoms with Crippen molar-refractivity contribution in [3.63, 3.8) is 0 Å². The van der Waals surface area contributed by atoms with E-state index in [1.54, 1.807) is 51.1 Å². The molecule has 2 fully saturated rings. The van der Waals surface area contributed by atoms with Crippen molar-refractivity contribution >= 4 is 43.7 Å². The molecule has 3 rings (SSSR count). The van der Waals surface area contributed by atoms with Crippen LogP contribution in [0.4, 0.5) is 0 Å². The molecule has 0 radical (unpaired) electrons. The van der Waals surface area contributed by atoms with Gasteiger partial charge in [0.2, 0.25) is 0 Å². The highest BCUT2D eigenvalue weighted by Gasteiger charge is 2.52. The second-order valence-electron chi connectivity index (χ2n) is 16.4. The molecule has 2 N–H and O–H groups in total. The minimum absolute atomic E-state index is 0.00316. The fourth-order valence-electron chi connectivity index (χ4n) is 7.61. The average molecular weight is 907 g/mol. The van der Waals surface area contributed by atoms with E-state index in [1.165, 1.54) is 27.9 Å². The van der Waals surface area contributed by atoms with Gasteiger partial charge >= 0.3 is 11.9 Å². The van der Waals surface area contributed by atoms with Gasteiger partial charge in [-0.2, -0.15) is 16.8 Å². The van der Waals surface area contributed by atoms with Crippen molar-refractivity contribution in [3.05, 3.63) is 46.3 Å². The van der Waals surface area contributed by atoms with Crippen molar-refractivity contribution in [1.82, 2.24) is 4.90 Å².